The van der Waals surface area contributed by atoms with Crippen LogP contribution >= 0.6 is 0 Å². The molecule has 0 bridgehead atoms. The zero-order chi connectivity index (χ0) is 28.5. The molecule has 3 nitrogen and oxygen atoms in total. The minimum Gasteiger partial charge on any atom is -0.398 e. The van der Waals surface area contributed by atoms with Gasteiger partial charge < -0.3 is 16.8 Å². The predicted octanol–water partition coefficient (Wildman–Crippen LogP) is 9.32. The van der Waals surface area contributed by atoms with Crippen molar-refractivity contribution in [3.8, 4) is 0 Å². The molecule has 1 unspecified atom stereocenters. The summed E-state index contributed by atoms with van der Waals surface area (Å²) in [6.45, 7) is 0. The Balaban J connectivity index is 1.28. The van der Waals surface area contributed by atoms with Crippen molar-refractivity contribution < 1.29 is 0 Å². The van der Waals surface area contributed by atoms with Crippen LogP contribution in [0.5, 0.6) is 0 Å². The van der Waals surface area contributed by atoms with E-state index >= 15 is 0 Å². The molecular weight excluding hydrogens is 510 g/mol. The Hall–Kier alpha value is -5.12. The van der Waals surface area contributed by atoms with Gasteiger partial charge in [0.1, 0.15) is 0 Å². The largest absolute Gasteiger partial charge is 0.398 e. The van der Waals surface area contributed by atoms with Gasteiger partial charge in [0.05, 0.1) is 6.04 Å². The Bertz CT molecular complexity index is 2020. The highest BCUT2D eigenvalue weighted by molar-refractivity contribution is 6.21. The fourth-order valence-corrected chi connectivity index (χ4v) is 6.14. The van der Waals surface area contributed by atoms with Crippen molar-refractivity contribution in [2.24, 2.45) is 11.5 Å². The summed E-state index contributed by atoms with van der Waals surface area (Å²) in [5.41, 5.74) is 20.3. The second-order valence-corrected chi connectivity index (χ2v) is 10.9. The van der Waals surface area contributed by atoms with Crippen molar-refractivity contribution in [2.75, 3.05) is 5.32 Å². The van der Waals surface area contributed by atoms with E-state index < -0.39 is 0 Å². The monoisotopic (exact) mass is 543 g/mol. The standard InChI is InChI=1S/C39H33N3/c40-36(27-11-2-1-3-12-27)25-37(41)28-18-21-30(22-19-28)42-38-17-9-8-16-33(38)35-24-29-13-5-6-14-31(29)34-23-20-26-10-4-7-15-32(26)39(34)35/h1-7,9-15,17-25,37,42H,8,16,40-41H2/b36-25-. The van der Waals surface area contributed by atoms with Crippen LogP contribution in [0.15, 0.2) is 145 Å². The minimum atomic E-state index is -0.291. The van der Waals surface area contributed by atoms with Crippen LogP contribution in [-0.2, 0) is 0 Å². The van der Waals surface area contributed by atoms with Gasteiger partial charge in [-0.25, -0.2) is 0 Å². The molecule has 0 aliphatic heterocycles. The lowest BCUT2D eigenvalue weighted by Crippen LogP contribution is -2.10. The Morgan fingerprint density at radius 2 is 1.43 bits per heavy atom. The summed E-state index contributed by atoms with van der Waals surface area (Å²) in [5.74, 6) is 0. The van der Waals surface area contributed by atoms with Crippen LogP contribution in [0.1, 0.15) is 35.6 Å². The fraction of sp³-hybridized carbons (Fsp3) is 0.0769. The molecule has 0 amide bonds. The lowest BCUT2D eigenvalue weighted by Gasteiger charge is -2.22. The van der Waals surface area contributed by atoms with E-state index in [-0.39, 0.29) is 6.04 Å². The van der Waals surface area contributed by atoms with E-state index in [1.54, 1.807) is 0 Å². The van der Waals surface area contributed by atoms with Crippen LogP contribution in [0.3, 0.4) is 0 Å². The average molecular weight is 544 g/mol. The number of anilines is 1. The van der Waals surface area contributed by atoms with E-state index in [0.717, 1.165) is 35.4 Å². The summed E-state index contributed by atoms with van der Waals surface area (Å²) in [6.07, 6.45) is 8.39. The summed E-state index contributed by atoms with van der Waals surface area (Å²) < 4.78 is 0. The molecule has 0 spiro atoms. The summed E-state index contributed by atoms with van der Waals surface area (Å²) in [7, 11) is 0. The maximum atomic E-state index is 6.51. The van der Waals surface area contributed by atoms with Gasteiger partial charge in [0, 0.05) is 17.1 Å². The van der Waals surface area contributed by atoms with Crippen LogP contribution in [-0.4, -0.2) is 0 Å². The first kappa shape index (κ1) is 25.8. The maximum absolute atomic E-state index is 6.51. The molecule has 1 aliphatic rings. The zero-order valence-corrected chi connectivity index (χ0v) is 23.4. The van der Waals surface area contributed by atoms with Crippen LogP contribution in [0.4, 0.5) is 5.69 Å². The molecule has 1 atom stereocenters. The molecule has 6 aromatic rings. The molecular formula is C39H33N3. The van der Waals surface area contributed by atoms with Crippen molar-refractivity contribution >= 4 is 49.3 Å². The number of rotatable bonds is 6. The van der Waals surface area contributed by atoms with Gasteiger partial charge >= 0.3 is 0 Å². The van der Waals surface area contributed by atoms with Gasteiger partial charge in [0.15, 0.2) is 0 Å². The highest BCUT2D eigenvalue weighted by Crippen LogP contribution is 2.40. The highest BCUT2D eigenvalue weighted by atomic mass is 14.9. The first-order chi connectivity index (χ1) is 20.7. The van der Waals surface area contributed by atoms with Crippen molar-refractivity contribution in [1.82, 2.24) is 0 Å². The first-order valence-electron chi connectivity index (χ1n) is 14.5. The Morgan fingerprint density at radius 1 is 0.714 bits per heavy atom. The molecule has 1 aliphatic carbocycles. The summed E-state index contributed by atoms with van der Waals surface area (Å²) in [6, 6.07) is 42.3. The molecule has 6 aromatic carbocycles. The quantitative estimate of drug-likeness (QED) is 0.183. The summed E-state index contributed by atoms with van der Waals surface area (Å²) in [4.78, 5) is 0. The summed E-state index contributed by atoms with van der Waals surface area (Å²) in [5, 5.41) is 11.5. The third-order valence-electron chi connectivity index (χ3n) is 8.29. The number of nitrogens with one attached hydrogen (secondary N) is 1. The van der Waals surface area contributed by atoms with Crippen molar-refractivity contribution in [3.05, 3.63) is 162 Å². The predicted molar refractivity (Wildman–Crippen MR) is 180 cm³/mol. The van der Waals surface area contributed by atoms with Crippen LogP contribution in [0, 0.1) is 0 Å². The molecule has 0 saturated carbocycles. The Morgan fingerprint density at radius 3 is 2.24 bits per heavy atom. The Kier molecular flexibility index (Phi) is 6.79. The lowest BCUT2D eigenvalue weighted by molar-refractivity contribution is 0.911. The van der Waals surface area contributed by atoms with E-state index in [1.807, 2.05) is 36.4 Å². The van der Waals surface area contributed by atoms with Crippen molar-refractivity contribution in [2.45, 2.75) is 18.9 Å². The van der Waals surface area contributed by atoms with Crippen LogP contribution in [0.25, 0.3) is 43.6 Å². The maximum Gasteiger partial charge on any atom is 0.0504 e. The topological polar surface area (TPSA) is 64.1 Å². The fourth-order valence-electron chi connectivity index (χ4n) is 6.14. The number of nitrogens with two attached hydrogens (primary N) is 2. The second kappa shape index (κ2) is 11.0. The van der Waals surface area contributed by atoms with E-state index in [1.165, 1.54) is 43.5 Å². The number of hydrogen-bond donors (Lipinski definition) is 3. The zero-order valence-electron chi connectivity index (χ0n) is 23.4. The van der Waals surface area contributed by atoms with Gasteiger partial charge in [-0.05, 0) is 97.8 Å². The molecule has 3 heteroatoms. The molecule has 5 N–H and O–H groups in total. The lowest BCUT2D eigenvalue weighted by atomic mass is 9.86. The second-order valence-electron chi connectivity index (χ2n) is 10.9. The molecule has 0 radical (unpaired) electrons. The van der Waals surface area contributed by atoms with E-state index in [9.17, 15) is 0 Å². The van der Waals surface area contributed by atoms with E-state index in [0.29, 0.717) is 5.70 Å². The van der Waals surface area contributed by atoms with Gasteiger partial charge in [-0.1, -0.05) is 109 Å². The van der Waals surface area contributed by atoms with Crippen molar-refractivity contribution in [3.63, 3.8) is 0 Å². The first-order valence-corrected chi connectivity index (χ1v) is 14.5. The van der Waals surface area contributed by atoms with Gasteiger partial charge in [0.2, 0.25) is 0 Å². The Labute approximate surface area is 246 Å². The molecule has 0 aromatic heterocycles. The smallest absolute Gasteiger partial charge is 0.0504 e. The van der Waals surface area contributed by atoms with Gasteiger partial charge in [-0.15, -0.1) is 0 Å². The molecule has 7 rings (SSSR count). The van der Waals surface area contributed by atoms with Gasteiger partial charge in [0.25, 0.3) is 0 Å². The highest BCUT2D eigenvalue weighted by Gasteiger charge is 2.18. The molecule has 0 fully saturated rings. The van der Waals surface area contributed by atoms with Crippen LogP contribution in [0.2, 0.25) is 0 Å². The van der Waals surface area contributed by atoms with E-state index in [2.05, 4.69) is 108 Å². The normalized spacial score (nSPS) is 14.5. The number of benzene rings is 6. The van der Waals surface area contributed by atoms with Gasteiger partial charge in [-0.3, -0.25) is 0 Å². The molecule has 204 valence electrons. The third kappa shape index (κ3) is 4.85. The number of fused-ring (bicyclic) bond motifs is 5. The molecule has 42 heavy (non-hydrogen) atoms. The van der Waals surface area contributed by atoms with Crippen LogP contribution < -0.4 is 16.8 Å². The van der Waals surface area contributed by atoms with Gasteiger partial charge in [-0.2, -0.15) is 0 Å². The minimum absolute atomic E-state index is 0.291. The SMILES string of the molecule is N/C(=C\C(N)c1ccc(NC2=C(c3cc4ccccc4c4ccc5ccccc5c34)CCC=C2)cc1)c1ccccc1. The summed E-state index contributed by atoms with van der Waals surface area (Å²) >= 11 is 0. The molecule has 0 heterocycles. The molecule has 0 saturated heterocycles. The third-order valence-corrected chi connectivity index (χ3v) is 8.29. The van der Waals surface area contributed by atoms with E-state index in [4.69, 9.17) is 11.5 Å². The number of hydrogen-bond acceptors (Lipinski definition) is 3. The van der Waals surface area contributed by atoms with Crippen molar-refractivity contribution in [1.29, 1.82) is 0 Å². The average Bonchev–Trinajstić information content (AvgIpc) is 3.05. The number of allylic oxidation sites excluding steroid dienone is 3.